The maximum Gasteiger partial charge on any atom is 0.271 e. The third kappa shape index (κ3) is 2.73. The van der Waals surface area contributed by atoms with Gasteiger partial charge in [-0.1, -0.05) is 0 Å². The van der Waals surface area contributed by atoms with Gasteiger partial charge in [-0.3, -0.25) is 9.36 Å². The number of hydrogen-bond acceptors (Lipinski definition) is 4. The average Bonchev–Trinajstić information content (AvgIpc) is 3.05. The second-order valence-electron chi connectivity index (χ2n) is 5.27. The van der Waals surface area contributed by atoms with Gasteiger partial charge in [0.05, 0.1) is 5.03 Å². The largest absolute Gasteiger partial charge is 0.367 e. The van der Waals surface area contributed by atoms with Crippen LogP contribution in [0.1, 0.15) is 12.6 Å². The van der Waals surface area contributed by atoms with Crippen molar-refractivity contribution < 1.29 is 4.57 Å². The molecule has 116 valence electrons. The Bertz CT molecular complexity index is 866. The van der Waals surface area contributed by atoms with Gasteiger partial charge in [0, 0.05) is 44.1 Å². The Hall–Kier alpha value is -1.53. The lowest BCUT2D eigenvalue weighted by atomic mass is 10.3. The van der Waals surface area contributed by atoms with E-state index in [0.717, 1.165) is 32.2 Å². The van der Waals surface area contributed by atoms with Crippen LogP contribution in [0.15, 0.2) is 29.2 Å². The highest BCUT2D eigenvalue weighted by Crippen LogP contribution is 2.25. The van der Waals surface area contributed by atoms with Crippen LogP contribution >= 0.6 is 23.1 Å². The van der Waals surface area contributed by atoms with Crippen LogP contribution in [-0.2, 0) is 13.6 Å². The monoisotopic (exact) mass is 334 g/mol. The molecule has 0 radical (unpaired) electrons. The Morgan fingerprint density at radius 2 is 2.23 bits per heavy atom. The van der Waals surface area contributed by atoms with Crippen LogP contribution in [0, 0.1) is 0 Å². The summed E-state index contributed by atoms with van der Waals surface area (Å²) in [7, 11) is 4.08. The Balaban J connectivity index is 2.27. The number of thiazole rings is 1. The molecule has 1 aliphatic rings. The Morgan fingerprint density at radius 3 is 2.86 bits per heavy atom. The number of nitrogens with zero attached hydrogens (tertiary/aromatic N) is 3. The Labute approximate surface area is 138 Å². The maximum absolute atomic E-state index is 12.7. The molecule has 2 aromatic rings. The minimum atomic E-state index is 0.133. The first-order valence-electron chi connectivity index (χ1n) is 7.36. The van der Waals surface area contributed by atoms with E-state index in [9.17, 15) is 4.79 Å². The molecule has 0 unspecified atom stereocenters. The molecule has 3 rings (SSSR count). The number of aromatic nitrogens is 2. The first-order valence-corrected chi connectivity index (χ1v) is 9.16. The molecule has 1 aliphatic heterocycles. The van der Waals surface area contributed by atoms with Crippen LogP contribution in [0.4, 0.5) is 0 Å². The van der Waals surface area contributed by atoms with Crippen molar-refractivity contribution in [3.05, 3.63) is 49.6 Å². The number of hydrogen-bond donors (Lipinski definition) is 0. The first kappa shape index (κ1) is 15.4. The lowest BCUT2D eigenvalue weighted by Crippen LogP contribution is -2.34. The highest BCUT2D eigenvalue weighted by Gasteiger charge is 2.18. The van der Waals surface area contributed by atoms with Crippen molar-refractivity contribution in [3.63, 3.8) is 0 Å². The van der Waals surface area contributed by atoms with Gasteiger partial charge in [0.15, 0.2) is 6.20 Å². The van der Waals surface area contributed by atoms with Crippen molar-refractivity contribution in [2.75, 3.05) is 19.3 Å². The van der Waals surface area contributed by atoms with E-state index in [2.05, 4.69) is 28.7 Å². The van der Waals surface area contributed by atoms with Crippen LogP contribution in [0.2, 0.25) is 0 Å². The highest BCUT2D eigenvalue weighted by molar-refractivity contribution is 8.08. The van der Waals surface area contributed by atoms with Gasteiger partial charge in [-0.2, -0.15) is 0 Å². The summed E-state index contributed by atoms with van der Waals surface area (Å²) in [5, 5.41) is 1.12. The first-order chi connectivity index (χ1) is 10.6. The van der Waals surface area contributed by atoms with Crippen molar-refractivity contribution in [2.45, 2.75) is 13.5 Å². The van der Waals surface area contributed by atoms with E-state index >= 15 is 0 Å². The average molecular weight is 334 g/mol. The normalized spacial score (nSPS) is 18.3. The Kier molecular flexibility index (Phi) is 4.40. The van der Waals surface area contributed by atoms with Crippen molar-refractivity contribution in [1.29, 1.82) is 0 Å². The second kappa shape index (κ2) is 6.30. The molecule has 0 amide bonds. The third-order valence-electron chi connectivity index (χ3n) is 3.80. The summed E-state index contributed by atoms with van der Waals surface area (Å²) < 4.78 is 5.81. The molecule has 0 atom stereocenters. The molecule has 22 heavy (non-hydrogen) atoms. The van der Waals surface area contributed by atoms with Gasteiger partial charge in [0.1, 0.15) is 16.2 Å². The summed E-state index contributed by atoms with van der Waals surface area (Å²) in [6, 6.07) is 6.08. The zero-order chi connectivity index (χ0) is 15.7. The molecule has 6 heteroatoms. The van der Waals surface area contributed by atoms with E-state index < -0.39 is 0 Å². The topological polar surface area (TPSA) is 29.1 Å². The molecular formula is C16H20N3OS2+. The number of aryl methyl sites for hydroxylation is 1. The molecule has 0 aliphatic carbocycles. The maximum atomic E-state index is 12.7. The van der Waals surface area contributed by atoms with Crippen molar-refractivity contribution in [1.82, 2.24) is 9.47 Å². The summed E-state index contributed by atoms with van der Waals surface area (Å²) in [5.41, 5.74) is 1.23. The Morgan fingerprint density at radius 1 is 1.41 bits per heavy atom. The van der Waals surface area contributed by atoms with Crippen LogP contribution in [0.5, 0.6) is 0 Å². The predicted octanol–water partition coefficient (Wildman–Crippen LogP) is 0.327. The van der Waals surface area contributed by atoms with E-state index in [1.807, 2.05) is 36.9 Å². The summed E-state index contributed by atoms with van der Waals surface area (Å²) in [6.07, 6.45) is 4.11. The molecule has 1 saturated heterocycles. The van der Waals surface area contributed by atoms with E-state index in [4.69, 9.17) is 0 Å². The number of thioether (sulfide) groups is 1. The van der Waals surface area contributed by atoms with Gasteiger partial charge in [-0.25, -0.2) is 4.57 Å². The fraction of sp³-hybridized carbons (Fsp3) is 0.375. The SMILES string of the molecule is CCn1c(=O)/c(=C2/SCCN2C)s/c1=C\c1cccc[n+]1C. The van der Waals surface area contributed by atoms with E-state index in [1.165, 1.54) is 0 Å². The molecule has 1 fully saturated rings. The molecule has 2 aromatic heterocycles. The van der Waals surface area contributed by atoms with Gasteiger partial charge >= 0.3 is 0 Å². The summed E-state index contributed by atoms with van der Waals surface area (Å²) in [5.74, 6) is 1.06. The molecule has 0 spiro atoms. The quantitative estimate of drug-likeness (QED) is 0.741. The molecule has 3 heterocycles. The number of rotatable bonds is 2. The predicted molar refractivity (Wildman–Crippen MR) is 93.2 cm³/mol. The molecular weight excluding hydrogens is 314 g/mol. The lowest BCUT2D eigenvalue weighted by molar-refractivity contribution is -0.673. The molecule has 0 bridgehead atoms. The summed E-state index contributed by atoms with van der Waals surface area (Å²) in [4.78, 5) is 14.9. The van der Waals surface area contributed by atoms with Gasteiger partial charge in [-0.05, 0) is 13.0 Å². The smallest absolute Gasteiger partial charge is 0.271 e. The van der Waals surface area contributed by atoms with Crippen molar-refractivity contribution >= 4 is 34.2 Å². The standard InChI is InChI=1S/C16H20N3OS2/c1-4-19-13(11-12-7-5-6-8-17(12)2)22-14(15(19)20)16-18(3)9-10-21-16/h5-8,11H,4,9-10H2,1-3H3/q+1/b16-14-. The highest BCUT2D eigenvalue weighted by atomic mass is 32.2. The number of pyridine rings is 1. The van der Waals surface area contributed by atoms with Crippen molar-refractivity contribution in [3.8, 4) is 0 Å². The van der Waals surface area contributed by atoms with Crippen molar-refractivity contribution in [2.24, 2.45) is 7.05 Å². The van der Waals surface area contributed by atoms with Gasteiger partial charge in [-0.15, -0.1) is 23.1 Å². The van der Waals surface area contributed by atoms with Gasteiger partial charge in [0.25, 0.3) is 5.56 Å². The molecule has 4 nitrogen and oxygen atoms in total. The fourth-order valence-electron chi connectivity index (χ4n) is 2.51. The minimum Gasteiger partial charge on any atom is -0.367 e. The van der Waals surface area contributed by atoms with E-state index in [1.54, 1.807) is 23.1 Å². The minimum absolute atomic E-state index is 0.133. The summed E-state index contributed by atoms with van der Waals surface area (Å²) in [6.45, 7) is 3.73. The fourth-order valence-corrected chi connectivity index (χ4v) is 5.05. The molecule has 0 N–H and O–H groups in total. The lowest BCUT2D eigenvalue weighted by Gasteiger charge is -2.08. The summed E-state index contributed by atoms with van der Waals surface area (Å²) >= 11 is 3.38. The van der Waals surface area contributed by atoms with Crippen LogP contribution in [0.25, 0.3) is 11.1 Å². The van der Waals surface area contributed by atoms with Gasteiger partial charge < -0.3 is 4.90 Å². The molecule has 0 saturated carbocycles. The zero-order valence-electron chi connectivity index (χ0n) is 13.1. The van der Waals surface area contributed by atoms with Crippen LogP contribution in [0.3, 0.4) is 0 Å². The second-order valence-corrected chi connectivity index (χ2v) is 7.39. The molecule has 0 aromatic carbocycles. The van der Waals surface area contributed by atoms with Crippen LogP contribution in [-0.4, -0.2) is 28.8 Å². The van der Waals surface area contributed by atoms with Gasteiger partial charge in [0.2, 0.25) is 5.69 Å². The third-order valence-corrected chi connectivity index (χ3v) is 6.23. The van der Waals surface area contributed by atoms with E-state index in [0.29, 0.717) is 6.54 Å². The zero-order valence-corrected chi connectivity index (χ0v) is 14.7. The van der Waals surface area contributed by atoms with E-state index in [-0.39, 0.29) is 5.56 Å². The van der Waals surface area contributed by atoms with Crippen LogP contribution < -0.4 is 19.3 Å².